The fourth-order valence-corrected chi connectivity index (χ4v) is 8.02. The molecule has 2 saturated heterocycles. The Bertz CT molecular complexity index is 1900. The molecule has 0 radical (unpaired) electrons. The van der Waals surface area contributed by atoms with Crippen LogP contribution in [0.15, 0.2) is 43.0 Å². The quantitative estimate of drug-likeness (QED) is 0.139. The number of fused-ring (bicyclic) bond motifs is 4. The summed E-state index contributed by atoms with van der Waals surface area (Å²) >= 11 is 7.12. The number of rotatable bonds is 10. The van der Waals surface area contributed by atoms with E-state index in [9.17, 15) is 9.90 Å². The van der Waals surface area contributed by atoms with Crippen LogP contribution in [-0.2, 0) is 25.1 Å². The van der Waals surface area contributed by atoms with Gasteiger partial charge in [0, 0.05) is 75.0 Å². The monoisotopic (exact) mass is 661 g/mol. The molecule has 2 unspecified atom stereocenters. The second-order valence-electron chi connectivity index (χ2n) is 13.8. The summed E-state index contributed by atoms with van der Waals surface area (Å²) in [5, 5.41) is 22.7. The number of piperidine rings is 1. The molecule has 1 amide bonds. The maximum absolute atomic E-state index is 11.3. The van der Waals surface area contributed by atoms with Crippen LogP contribution in [0.5, 0.6) is 0 Å². The maximum atomic E-state index is 11.3. The van der Waals surface area contributed by atoms with Crippen molar-refractivity contribution in [3.8, 4) is 11.1 Å². The molecule has 2 N–H and O–H groups in total. The zero-order valence-electron chi connectivity index (χ0n) is 26.6. The third kappa shape index (κ3) is 6.10. The van der Waals surface area contributed by atoms with E-state index in [1.807, 2.05) is 59.3 Å². The van der Waals surface area contributed by atoms with Crippen LogP contribution in [0.25, 0.3) is 33.2 Å². The highest BCUT2D eigenvalue weighted by atomic mass is 35.5. The van der Waals surface area contributed by atoms with Crippen LogP contribution in [0.3, 0.4) is 0 Å². The minimum absolute atomic E-state index is 0.0384. The van der Waals surface area contributed by atoms with Crippen LogP contribution in [0.2, 0.25) is 30.7 Å². The molecule has 0 saturated carbocycles. The van der Waals surface area contributed by atoms with Gasteiger partial charge in [0.05, 0.1) is 29.0 Å². The van der Waals surface area contributed by atoms with E-state index in [4.69, 9.17) is 31.4 Å². The first kappa shape index (κ1) is 30.7. The first-order valence-electron chi connectivity index (χ1n) is 15.9. The van der Waals surface area contributed by atoms with Crippen molar-refractivity contribution in [2.24, 2.45) is 7.05 Å². The van der Waals surface area contributed by atoms with Gasteiger partial charge in [-0.2, -0.15) is 10.2 Å². The summed E-state index contributed by atoms with van der Waals surface area (Å²) in [5.41, 5.74) is 4.99. The number of anilines is 1. The Morgan fingerprint density at radius 1 is 1.11 bits per heavy atom. The van der Waals surface area contributed by atoms with Gasteiger partial charge in [0.2, 0.25) is 0 Å². The van der Waals surface area contributed by atoms with Gasteiger partial charge in [0.1, 0.15) is 18.1 Å². The third-order valence-electron chi connectivity index (χ3n) is 9.16. The van der Waals surface area contributed by atoms with E-state index < -0.39 is 14.2 Å². The standard InChI is InChI=1S/C32H40ClN9O3Si/c1-39-10-9-20(37-39)16-41-18-26-27(38-41)8-7-24(29(26)33)25-17-40(19-45-11-12-46(2,3)4)31-30(25)34-15-28(36-31)42-22-5-6-23(42)14-21(13-22)35-32(43)44/h7-10,15,17-18,21-23,35H,5-6,11-14,16,19H2,1-4H3,(H,43,44). The Kier molecular flexibility index (Phi) is 8.02. The van der Waals surface area contributed by atoms with Gasteiger partial charge in [-0.3, -0.25) is 9.36 Å². The van der Waals surface area contributed by atoms with E-state index in [0.717, 1.165) is 76.4 Å². The van der Waals surface area contributed by atoms with Crippen molar-refractivity contribution in [1.29, 1.82) is 0 Å². The number of amides is 1. The van der Waals surface area contributed by atoms with E-state index in [2.05, 4.69) is 35.0 Å². The van der Waals surface area contributed by atoms with Crippen molar-refractivity contribution < 1.29 is 14.6 Å². The SMILES string of the molecule is Cn1ccc(Cn2cc3c(Cl)c(-c4cn(COCC[Si](C)(C)C)c5nc(N6C7CCC6CC(NC(=O)O)C7)cnc45)ccc3n2)n1. The highest BCUT2D eigenvalue weighted by molar-refractivity contribution is 6.76. The van der Waals surface area contributed by atoms with Gasteiger partial charge in [-0.1, -0.05) is 37.3 Å². The fourth-order valence-electron chi connectivity index (χ4n) is 6.95. The van der Waals surface area contributed by atoms with Crippen LogP contribution in [-0.4, -0.2) is 78.1 Å². The topological polar surface area (TPSA) is 128 Å². The number of aryl methyl sites for hydroxylation is 1. The second kappa shape index (κ2) is 12.0. The number of hydrogen-bond donors (Lipinski definition) is 2. The second-order valence-corrected chi connectivity index (χ2v) is 19.8. The lowest BCUT2D eigenvalue weighted by atomic mass is 9.97. The van der Waals surface area contributed by atoms with Crippen LogP contribution >= 0.6 is 11.6 Å². The molecule has 2 fully saturated rings. The Morgan fingerprint density at radius 3 is 2.59 bits per heavy atom. The number of ether oxygens (including phenoxy) is 1. The molecule has 2 aliphatic heterocycles. The molecule has 12 nitrogen and oxygen atoms in total. The van der Waals surface area contributed by atoms with Crippen LogP contribution < -0.4 is 10.2 Å². The number of nitrogens with zero attached hydrogens (tertiary/aromatic N) is 8. The zero-order chi connectivity index (χ0) is 32.2. The summed E-state index contributed by atoms with van der Waals surface area (Å²) in [7, 11) is 0.652. The van der Waals surface area contributed by atoms with Gasteiger partial charge < -0.3 is 24.6 Å². The van der Waals surface area contributed by atoms with Gasteiger partial charge in [0.25, 0.3) is 0 Å². The number of hydrogen-bond acceptors (Lipinski definition) is 7. The Labute approximate surface area is 273 Å². The molecule has 2 atom stereocenters. The Morgan fingerprint density at radius 2 is 1.89 bits per heavy atom. The van der Waals surface area contributed by atoms with Crippen molar-refractivity contribution in [1.82, 2.24) is 39.4 Å². The molecule has 0 aliphatic carbocycles. The Balaban J connectivity index is 1.23. The number of carboxylic acid groups (broad SMARTS) is 1. The molecule has 7 rings (SSSR count). The minimum atomic E-state index is -1.25. The zero-order valence-corrected chi connectivity index (χ0v) is 28.4. The number of nitrogens with one attached hydrogen (secondary N) is 1. The van der Waals surface area contributed by atoms with Crippen LogP contribution in [0.1, 0.15) is 31.4 Å². The van der Waals surface area contributed by atoms with Crippen molar-refractivity contribution >= 4 is 53.7 Å². The smallest absolute Gasteiger partial charge is 0.404 e. The summed E-state index contributed by atoms with van der Waals surface area (Å²) in [6.45, 7) is 8.63. The van der Waals surface area contributed by atoms with Gasteiger partial charge in [0.15, 0.2) is 5.65 Å². The Hall–Kier alpha value is -3.94. The molecule has 46 heavy (non-hydrogen) atoms. The van der Waals surface area contributed by atoms with Crippen molar-refractivity contribution in [2.75, 3.05) is 11.5 Å². The summed E-state index contributed by atoms with van der Waals surface area (Å²) in [6.07, 6.45) is 10.4. The molecule has 14 heteroatoms. The highest BCUT2D eigenvalue weighted by Gasteiger charge is 2.42. The number of carbonyl (C=O) groups is 1. The molecular weight excluding hydrogens is 622 g/mol. The van der Waals surface area contributed by atoms with Crippen LogP contribution in [0.4, 0.5) is 10.6 Å². The third-order valence-corrected chi connectivity index (χ3v) is 11.3. The van der Waals surface area contributed by atoms with E-state index in [0.29, 0.717) is 24.9 Å². The molecule has 5 aromatic rings. The van der Waals surface area contributed by atoms with Gasteiger partial charge >= 0.3 is 6.09 Å². The summed E-state index contributed by atoms with van der Waals surface area (Å²) in [5.74, 6) is 0.819. The van der Waals surface area contributed by atoms with E-state index >= 15 is 0 Å². The largest absolute Gasteiger partial charge is 0.465 e. The lowest BCUT2D eigenvalue weighted by Crippen LogP contribution is -2.50. The molecule has 2 bridgehead atoms. The van der Waals surface area contributed by atoms with Gasteiger partial charge in [-0.05, 0) is 43.9 Å². The maximum Gasteiger partial charge on any atom is 0.404 e. The lowest BCUT2D eigenvalue weighted by Gasteiger charge is -2.39. The molecule has 4 aromatic heterocycles. The van der Waals surface area contributed by atoms with Gasteiger partial charge in [-0.25, -0.2) is 14.8 Å². The van der Waals surface area contributed by atoms with E-state index in [1.54, 1.807) is 4.68 Å². The summed E-state index contributed by atoms with van der Waals surface area (Å²) in [6, 6.07) is 7.45. The van der Waals surface area contributed by atoms with E-state index in [1.165, 1.54) is 0 Å². The molecule has 242 valence electrons. The first-order valence-corrected chi connectivity index (χ1v) is 20.0. The van der Waals surface area contributed by atoms with Crippen LogP contribution in [0, 0.1) is 0 Å². The summed E-state index contributed by atoms with van der Waals surface area (Å²) in [4.78, 5) is 23.9. The average Bonchev–Trinajstić information content (AvgIpc) is 3.75. The molecule has 6 heterocycles. The molecule has 2 aliphatic rings. The van der Waals surface area contributed by atoms with Crippen molar-refractivity contribution in [2.45, 2.75) is 82.8 Å². The number of halogens is 1. The van der Waals surface area contributed by atoms with Crippen molar-refractivity contribution in [3.63, 3.8) is 0 Å². The average molecular weight is 662 g/mol. The van der Waals surface area contributed by atoms with Crippen molar-refractivity contribution in [3.05, 3.63) is 53.7 Å². The lowest BCUT2D eigenvalue weighted by molar-refractivity contribution is 0.0899. The first-order chi connectivity index (χ1) is 22.0. The van der Waals surface area contributed by atoms with Gasteiger partial charge in [-0.15, -0.1) is 0 Å². The predicted octanol–water partition coefficient (Wildman–Crippen LogP) is 5.96. The summed E-state index contributed by atoms with van der Waals surface area (Å²) < 4.78 is 11.9. The number of benzene rings is 1. The minimum Gasteiger partial charge on any atom is -0.465 e. The highest BCUT2D eigenvalue weighted by Crippen LogP contribution is 2.41. The fraction of sp³-hybridized carbons (Fsp3) is 0.469. The molecular formula is C32H40ClN9O3Si. The molecule has 0 spiro atoms. The molecule has 1 aromatic carbocycles. The van der Waals surface area contributed by atoms with E-state index in [-0.39, 0.29) is 18.1 Å². The normalized spacial score (nSPS) is 19.8. The predicted molar refractivity (Wildman–Crippen MR) is 181 cm³/mol. The number of aromatic nitrogens is 7.